The predicted molar refractivity (Wildman–Crippen MR) is 530 cm³/mol. The van der Waals surface area contributed by atoms with Gasteiger partial charge in [-0.05, 0) is 244 Å². The Labute approximate surface area is 726 Å². The smallest absolute Gasteiger partial charge is 0.0169 e. The summed E-state index contributed by atoms with van der Waals surface area (Å²) in [7, 11) is 2.28. The average Bonchev–Trinajstić information content (AvgIpc) is 0.957. The molecule has 4 heteroatoms. The zero-order chi connectivity index (χ0) is 84.6. The monoisotopic (exact) mass is 1600 g/mol. The van der Waals surface area contributed by atoms with Crippen molar-refractivity contribution in [3.05, 3.63) is 105 Å². The Kier molecular flexibility index (Phi) is 91.9. The number of unbranched alkanes of at least 4 members (excludes halogenated alkanes) is 42. The van der Waals surface area contributed by atoms with Crippen molar-refractivity contribution in [1.82, 2.24) is 20.4 Å². The molecule has 0 aromatic heterocycles. The molecule has 0 saturated carbocycles. The van der Waals surface area contributed by atoms with E-state index in [1.807, 2.05) is 0 Å². The minimum Gasteiger partial charge on any atom is -0.317 e. The van der Waals surface area contributed by atoms with E-state index >= 15 is 0 Å². The fourth-order valence-electron chi connectivity index (χ4n) is 16.4. The van der Waals surface area contributed by atoms with E-state index in [1.54, 1.807) is 0 Å². The van der Waals surface area contributed by atoms with Crippen molar-refractivity contribution in [2.45, 2.75) is 541 Å². The molecule has 2 N–H and O–H groups in total. The van der Waals surface area contributed by atoms with Gasteiger partial charge in [-0.3, -0.25) is 4.90 Å². The van der Waals surface area contributed by atoms with Gasteiger partial charge in [0.15, 0.2) is 0 Å². The lowest BCUT2D eigenvalue weighted by Crippen LogP contribution is -2.30. The highest BCUT2D eigenvalue weighted by atomic mass is 15.1. The first-order chi connectivity index (χ1) is 55.9. The zero-order valence-corrected chi connectivity index (χ0v) is 82.1. The molecule has 0 aromatic carbocycles. The standard InChI is InChI=1S/C62H128N2.C49H84N2/c1-5-9-13-17-21-25-29-33-37-41-46-53-61(54-47-42-38-34-30-26-22-18-14-10-6-2)55-52-59-63-58-50-45-51-60-64-62(56-48-43-39-35-31-27-23-19-15-11-7-3)57-49-44-40-36-32-28-24-20-16-12-8-4;1-41(2)21-14-24-44(7)27-17-30-47(10)33-38-50(13)36-20-37-51(39-34-48(11)31-18-28-45(8)25-15-22-42(3)4)40-35-49(12)32-19-29-46(9)26-16-23-43(5)6/h61-64H,5-60H2,1-4H3;21-23,27-29,33-35H,14-20,24-26,30-32,36-40H2,1-13H3/b;44-27+,45-28+,46-29+,47-33+,48-34+,49-35+. The van der Waals surface area contributed by atoms with Gasteiger partial charge in [-0.15, -0.1) is 0 Å². The average molecular weight is 1600 g/mol. The quantitative estimate of drug-likeness (QED) is 0.0469. The maximum atomic E-state index is 4.08. The van der Waals surface area contributed by atoms with Crippen LogP contribution in [0.15, 0.2) is 105 Å². The van der Waals surface area contributed by atoms with Crippen molar-refractivity contribution in [2.24, 2.45) is 5.92 Å². The summed E-state index contributed by atoms with van der Waals surface area (Å²) in [5.41, 5.74) is 13.4. The van der Waals surface area contributed by atoms with Gasteiger partial charge in [-0.1, -0.05) is 434 Å². The maximum Gasteiger partial charge on any atom is 0.0169 e. The lowest BCUT2D eigenvalue weighted by molar-refractivity contribution is 0.289. The number of nitrogens with one attached hydrogen (secondary N) is 2. The summed E-state index contributed by atoms with van der Waals surface area (Å²) in [5, 5.41) is 7.95. The second-order valence-corrected chi connectivity index (χ2v) is 38.0. The molecule has 0 bridgehead atoms. The van der Waals surface area contributed by atoms with E-state index in [4.69, 9.17) is 0 Å². The number of nitrogens with zero attached hydrogens (tertiary/aromatic N) is 2. The Morgan fingerprint density at radius 2 is 0.478 bits per heavy atom. The third-order valence-corrected chi connectivity index (χ3v) is 24.7. The van der Waals surface area contributed by atoms with Gasteiger partial charge >= 0.3 is 0 Å². The van der Waals surface area contributed by atoms with Crippen LogP contribution in [0.2, 0.25) is 0 Å². The highest BCUT2D eigenvalue weighted by Gasteiger charge is 2.12. The maximum absolute atomic E-state index is 4.08. The van der Waals surface area contributed by atoms with Crippen molar-refractivity contribution >= 4 is 0 Å². The minimum absolute atomic E-state index is 0.762. The van der Waals surface area contributed by atoms with E-state index in [0.29, 0.717) is 0 Å². The van der Waals surface area contributed by atoms with Crippen LogP contribution in [0.3, 0.4) is 0 Å². The molecule has 676 valence electrons. The Morgan fingerprint density at radius 1 is 0.235 bits per heavy atom. The molecule has 0 radical (unpaired) electrons. The van der Waals surface area contributed by atoms with Gasteiger partial charge < -0.3 is 15.5 Å². The number of likely N-dealkylation sites (N-methyl/N-ethyl adjacent to an activating group) is 1. The first-order valence-electron chi connectivity index (χ1n) is 51.6. The van der Waals surface area contributed by atoms with Crippen LogP contribution < -0.4 is 10.6 Å². The Bertz CT molecular complexity index is 2130. The third kappa shape index (κ3) is 93.6. The van der Waals surface area contributed by atoms with Crippen LogP contribution >= 0.6 is 0 Å². The normalized spacial score (nSPS) is 12.7. The second kappa shape index (κ2) is 92.2. The Hall–Kier alpha value is -2.50. The van der Waals surface area contributed by atoms with Crippen molar-refractivity contribution in [1.29, 1.82) is 0 Å². The molecule has 0 spiro atoms. The molecule has 0 aliphatic rings. The van der Waals surface area contributed by atoms with Crippen LogP contribution in [0.25, 0.3) is 0 Å². The topological polar surface area (TPSA) is 30.5 Å². The molecule has 0 aliphatic carbocycles. The number of rotatable bonds is 87. The summed E-state index contributed by atoms with van der Waals surface area (Å²) in [6.45, 7) is 45.3. The zero-order valence-electron chi connectivity index (χ0n) is 82.1. The van der Waals surface area contributed by atoms with Crippen LogP contribution in [0.4, 0.5) is 0 Å². The fraction of sp³-hybridized carbons (Fsp3) is 0.838. The second-order valence-electron chi connectivity index (χ2n) is 38.0. The fourth-order valence-corrected chi connectivity index (χ4v) is 16.4. The summed E-state index contributed by atoms with van der Waals surface area (Å²) in [5.74, 6) is 0.980. The van der Waals surface area contributed by atoms with E-state index in [0.717, 1.165) is 102 Å². The molecular formula is C111H212N4. The first-order valence-corrected chi connectivity index (χ1v) is 51.6. The lowest BCUT2D eigenvalue weighted by atomic mass is 9.90. The van der Waals surface area contributed by atoms with Crippen LogP contribution in [-0.2, 0) is 0 Å². The van der Waals surface area contributed by atoms with Crippen molar-refractivity contribution < 1.29 is 0 Å². The third-order valence-electron chi connectivity index (χ3n) is 24.7. The highest BCUT2D eigenvalue weighted by Crippen LogP contribution is 2.26. The molecule has 0 aliphatic heterocycles. The van der Waals surface area contributed by atoms with E-state index < -0.39 is 0 Å². The molecule has 0 rings (SSSR count). The summed E-state index contributed by atoms with van der Waals surface area (Å²) >= 11 is 0. The van der Waals surface area contributed by atoms with E-state index in [1.165, 1.54) is 436 Å². The van der Waals surface area contributed by atoms with Crippen molar-refractivity contribution in [3.8, 4) is 0 Å². The van der Waals surface area contributed by atoms with Crippen molar-refractivity contribution in [3.63, 3.8) is 0 Å². The largest absolute Gasteiger partial charge is 0.317 e. The van der Waals surface area contributed by atoms with Gasteiger partial charge in [0.2, 0.25) is 0 Å². The van der Waals surface area contributed by atoms with Gasteiger partial charge in [0.1, 0.15) is 0 Å². The summed E-state index contributed by atoms with van der Waals surface area (Å²) in [6, 6.07) is 0.762. The van der Waals surface area contributed by atoms with Gasteiger partial charge in [-0.2, -0.15) is 0 Å². The van der Waals surface area contributed by atoms with Crippen LogP contribution in [-0.4, -0.2) is 75.2 Å². The minimum atomic E-state index is 0.762. The SMILES string of the molecule is CC(C)=CCC/C(C)=C/CC/C(C)=C/CN(C)CCCN(C/C=C(\C)CC/C=C(\C)CCC=C(C)C)C/C=C(\C)CC/C=C(\C)CCC=C(C)C.CCCCCCCCCCCCCC(CCCCCCCCCCCCC)CCCNCCCCCNC(CCCCCCCCCCCCC)CCCCCCCCCCCCC. The van der Waals surface area contributed by atoms with E-state index in [2.05, 4.69) is 193 Å². The Morgan fingerprint density at radius 3 is 0.791 bits per heavy atom. The number of hydrogen-bond donors (Lipinski definition) is 2. The highest BCUT2D eigenvalue weighted by molar-refractivity contribution is 5.10. The van der Waals surface area contributed by atoms with Crippen LogP contribution in [0, 0.1) is 5.92 Å². The van der Waals surface area contributed by atoms with E-state index in [9.17, 15) is 0 Å². The van der Waals surface area contributed by atoms with Gasteiger partial charge in [0.05, 0.1) is 0 Å². The molecule has 0 fully saturated rings. The van der Waals surface area contributed by atoms with Gasteiger partial charge in [-0.25, -0.2) is 0 Å². The van der Waals surface area contributed by atoms with Gasteiger partial charge in [0, 0.05) is 32.2 Å². The molecule has 0 amide bonds. The molecule has 115 heavy (non-hydrogen) atoms. The van der Waals surface area contributed by atoms with Crippen LogP contribution in [0.5, 0.6) is 0 Å². The lowest BCUT2D eigenvalue weighted by Gasteiger charge is -2.22. The molecule has 4 nitrogen and oxygen atoms in total. The predicted octanol–water partition coefficient (Wildman–Crippen LogP) is 36.8. The summed E-state index contributed by atoms with van der Waals surface area (Å²) < 4.78 is 0. The van der Waals surface area contributed by atoms with Crippen molar-refractivity contribution in [2.75, 3.05) is 59.4 Å². The van der Waals surface area contributed by atoms with Crippen LogP contribution in [0.1, 0.15) is 535 Å². The van der Waals surface area contributed by atoms with Gasteiger partial charge in [0.25, 0.3) is 0 Å². The molecule has 0 aromatic rings. The molecule has 0 atom stereocenters. The summed E-state index contributed by atoms with van der Waals surface area (Å²) in [6.07, 6.45) is 114. The molecule has 0 saturated heterocycles. The molecular weight excluding hydrogens is 1390 g/mol. The number of hydrogen-bond acceptors (Lipinski definition) is 4. The molecule has 0 heterocycles. The Balaban J connectivity index is 0. The molecule has 0 unspecified atom stereocenters. The van der Waals surface area contributed by atoms with E-state index in [-0.39, 0.29) is 0 Å². The first kappa shape index (κ1) is 115. The summed E-state index contributed by atoms with van der Waals surface area (Å²) in [4.78, 5) is 5.14. The number of allylic oxidation sites excluding steroid dienone is 15.